The van der Waals surface area contributed by atoms with Gasteiger partial charge >= 0.3 is 6.03 Å². The van der Waals surface area contributed by atoms with Crippen LogP contribution in [-0.2, 0) is 10.0 Å². The van der Waals surface area contributed by atoms with Crippen LogP contribution in [-0.4, -0.2) is 30.4 Å². The number of rotatable bonds is 6. The molecule has 29 heavy (non-hydrogen) atoms. The predicted octanol–water partition coefficient (Wildman–Crippen LogP) is 3.74. The van der Waals surface area contributed by atoms with Crippen LogP contribution in [0.25, 0.3) is 0 Å². The Labute approximate surface area is 171 Å². The molecule has 8 nitrogen and oxygen atoms in total. The van der Waals surface area contributed by atoms with Crippen LogP contribution in [0.5, 0.6) is 0 Å². The Morgan fingerprint density at radius 2 is 1.52 bits per heavy atom. The Hall–Kier alpha value is -2.81. The zero-order valence-corrected chi connectivity index (χ0v) is 18.2. The van der Waals surface area contributed by atoms with Gasteiger partial charge < -0.3 is 5.32 Å². The minimum Gasteiger partial charge on any atom is -0.307 e. The van der Waals surface area contributed by atoms with Crippen molar-refractivity contribution >= 4 is 27.5 Å². The molecule has 0 radical (unpaired) electrons. The molecule has 2 N–H and O–H groups in total. The van der Waals surface area contributed by atoms with Crippen LogP contribution >= 0.6 is 0 Å². The van der Waals surface area contributed by atoms with Gasteiger partial charge in [0.2, 0.25) is 0 Å². The monoisotopic (exact) mass is 418 g/mol. The van der Waals surface area contributed by atoms with Crippen LogP contribution in [0.4, 0.5) is 10.5 Å². The van der Waals surface area contributed by atoms with E-state index in [0.717, 1.165) is 22.8 Å². The summed E-state index contributed by atoms with van der Waals surface area (Å²) in [5.74, 6) is -0.0810. The van der Waals surface area contributed by atoms with E-state index in [2.05, 4.69) is 15.5 Å². The van der Waals surface area contributed by atoms with E-state index < -0.39 is 21.1 Å². The normalized spacial score (nSPS) is 11.6. The number of aromatic nitrogens is 2. The van der Waals surface area contributed by atoms with E-state index in [-0.39, 0.29) is 23.3 Å². The first kappa shape index (κ1) is 22.5. The standard InChI is InChI=1S/C20H26N4O4S/c1-11(2)15-9-13(5)10-16(12(3)4)19(15)21-20(26)24-29(27,28)18-8-7-17(14(6)25)22-23-18/h7-12H,1-6H3,(H2,21,24,26). The average Bonchev–Trinajstić information content (AvgIpc) is 2.62. The highest BCUT2D eigenvalue weighted by Gasteiger charge is 2.23. The molecule has 0 fully saturated rings. The molecule has 2 aromatic rings. The Morgan fingerprint density at radius 1 is 0.966 bits per heavy atom. The molecule has 2 amide bonds. The largest absolute Gasteiger partial charge is 0.333 e. The van der Waals surface area contributed by atoms with Gasteiger partial charge in [0.15, 0.2) is 10.8 Å². The van der Waals surface area contributed by atoms with E-state index in [0.29, 0.717) is 5.69 Å². The Balaban J connectivity index is 2.31. The van der Waals surface area contributed by atoms with Gasteiger partial charge in [-0.3, -0.25) is 4.79 Å². The quantitative estimate of drug-likeness (QED) is 0.690. The van der Waals surface area contributed by atoms with Gasteiger partial charge in [-0.25, -0.2) is 9.52 Å². The number of hydrogen-bond acceptors (Lipinski definition) is 6. The number of sulfonamides is 1. The molecular formula is C20H26N4O4S. The van der Waals surface area contributed by atoms with Crippen molar-refractivity contribution in [1.29, 1.82) is 0 Å². The van der Waals surface area contributed by atoms with Gasteiger partial charge in [-0.2, -0.15) is 8.42 Å². The number of ketones is 1. The average molecular weight is 419 g/mol. The first-order chi connectivity index (χ1) is 13.4. The molecule has 0 saturated carbocycles. The number of hydrogen-bond donors (Lipinski definition) is 2. The molecule has 1 aromatic carbocycles. The number of benzene rings is 1. The number of nitrogens with zero attached hydrogens (tertiary/aromatic N) is 2. The maximum absolute atomic E-state index is 12.5. The first-order valence-electron chi connectivity index (χ1n) is 9.25. The second-order valence-corrected chi connectivity index (χ2v) is 9.13. The van der Waals surface area contributed by atoms with Gasteiger partial charge in [-0.1, -0.05) is 45.4 Å². The topological polar surface area (TPSA) is 118 Å². The van der Waals surface area contributed by atoms with Crippen molar-refractivity contribution in [3.05, 3.63) is 46.6 Å². The van der Waals surface area contributed by atoms with Gasteiger partial charge in [-0.05, 0) is 42.0 Å². The first-order valence-corrected chi connectivity index (χ1v) is 10.7. The van der Waals surface area contributed by atoms with Gasteiger partial charge in [0.05, 0.1) is 0 Å². The number of urea groups is 1. The molecule has 2 rings (SSSR count). The van der Waals surface area contributed by atoms with Gasteiger partial charge in [0, 0.05) is 12.6 Å². The number of amides is 2. The van der Waals surface area contributed by atoms with E-state index in [1.54, 1.807) is 0 Å². The minimum absolute atomic E-state index is 0.0382. The lowest BCUT2D eigenvalue weighted by atomic mass is 9.90. The fourth-order valence-corrected chi connectivity index (χ4v) is 3.66. The number of nitrogens with one attached hydrogen (secondary N) is 2. The second-order valence-electron chi connectivity index (χ2n) is 7.50. The fraction of sp³-hybridized carbons (Fsp3) is 0.400. The Kier molecular flexibility index (Phi) is 6.73. The van der Waals surface area contributed by atoms with E-state index in [1.165, 1.54) is 13.0 Å². The third-order valence-corrected chi connectivity index (χ3v) is 5.55. The maximum atomic E-state index is 12.5. The van der Waals surface area contributed by atoms with Crippen molar-refractivity contribution < 1.29 is 18.0 Å². The molecule has 0 atom stereocenters. The second kappa shape index (κ2) is 8.69. The smallest absolute Gasteiger partial charge is 0.307 e. The third kappa shape index (κ3) is 5.38. The summed E-state index contributed by atoms with van der Waals surface area (Å²) in [6.07, 6.45) is 0. The van der Waals surface area contributed by atoms with Crippen molar-refractivity contribution in [2.75, 3.05) is 5.32 Å². The zero-order chi connectivity index (χ0) is 21.9. The molecule has 0 bridgehead atoms. The lowest BCUT2D eigenvalue weighted by Crippen LogP contribution is -2.35. The van der Waals surface area contributed by atoms with Crippen LogP contribution in [0, 0.1) is 6.92 Å². The minimum atomic E-state index is -4.24. The van der Waals surface area contributed by atoms with E-state index in [9.17, 15) is 18.0 Å². The zero-order valence-electron chi connectivity index (χ0n) is 17.4. The molecule has 1 aromatic heterocycles. The van der Waals surface area contributed by atoms with E-state index in [1.807, 2.05) is 51.5 Å². The highest BCUT2D eigenvalue weighted by atomic mass is 32.2. The van der Waals surface area contributed by atoms with Crippen molar-refractivity contribution in [3.8, 4) is 0 Å². The van der Waals surface area contributed by atoms with Crippen molar-refractivity contribution in [3.63, 3.8) is 0 Å². The number of aryl methyl sites for hydroxylation is 1. The van der Waals surface area contributed by atoms with E-state index >= 15 is 0 Å². The molecule has 0 aliphatic rings. The van der Waals surface area contributed by atoms with Gasteiger partial charge in [-0.15, -0.1) is 10.2 Å². The number of carbonyl (C=O) groups excluding carboxylic acids is 2. The van der Waals surface area contributed by atoms with Crippen molar-refractivity contribution in [2.24, 2.45) is 0 Å². The summed E-state index contributed by atoms with van der Waals surface area (Å²) in [6.45, 7) is 11.3. The molecule has 0 aliphatic carbocycles. The maximum Gasteiger partial charge on any atom is 0.333 e. The lowest BCUT2D eigenvalue weighted by Gasteiger charge is -2.21. The Bertz CT molecular complexity index is 1000. The summed E-state index contributed by atoms with van der Waals surface area (Å²) in [6, 6.07) is 5.44. The lowest BCUT2D eigenvalue weighted by molar-refractivity contribution is 0.101. The van der Waals surface area contributed by atoms with Crippen LogP contribution < -0.4 is 10.0 Å². The molecule has 0 unspecified atom stereocenters. The molecule has 0 aliphatic heterocycles. The van der Waals surface area contributed by atoms with Crippen LogP contribution in [0.3, 0.4) is 0 Å². The number of anilines is 1. The number of carbonyl (C=O) groups is 2. The third-order valence-electron chi connectivity index (χ3n) is 4.33. The highest BCUT2D eigenvalue weighted by molar-refractivity contribution is 7.90. The summed E-state index contributed by atoms with van der Waals surface area (Å²) in [5.41, 5.74) is 3.55. The van der Waals surface area contributed by atoms with Crippen molar-refractivity contribution in [1.82, 2.24) is 14.9 Å². The summed E-state index contributed by atoms with van der Waals surface area (Å²) in [5, 5.41) is 9.35. The Morgan fingerprint density at radius 3 is 1.93 bits per heavy atom. The van der Waals surface area contributed by atoms with Crippen LogP contribution in [0.15, 0.2) is 29.3 Å². The van der Waals surface area contributed by atoms with E-state index in [4.69, 9.17) is 0 Å². The van der Waals surface area contributed by atoms with Crippen LogP contribution in [0.1, 0.15) is 73.6 Å². The van der Waals surface area contributed by atoms with Gasteiger partial charge in [0.1, 0.15) is 5.69 Å². The van der Waals surface area contributed by atoms with Crippen LogP contribution in [0.2, 0.25) is 0 Å². The molecule has 9 heteroatoms. The predicted molar refractivity (Wildman–Crippen MR) is 111 cm³/mol. The molecule has 0 spiro atoms. The van der Waals surface area contributed by atoms with Crippen molar-refractivity contribution in [2.45, 2.75) is 58.4 Å². The van der Waals surface area contributed by atoms with Gasteiger partial charge in [0.25, 0.3) is 10.0 Å². The molecule has 1 heterocycles. The fourth-order valence-electron chi connectivity index (χ4n) is 2.86. The molecule has 156 valence electrons. The summed E-state index contributed by atoms with van der Waals surface area (Å²) in [4.78, 5) is 23.8. The summed E-state index contributed by atoms with van der Waals surface area (Å²) >= 11 is 0. The molecule has 0 saturated heterocycles. The summed E-state index contributed by atoms with van der Waals surface area (Å²) < 4.78 is 26.8. The molecular weight excluding hydrogens is 392 g/mol. The SMILES string of the molecule is CC(=O)c1ccc(S(=O)(=O)NC(=O)Nc2c(C(C)C)cc(C)cc2C(C)C)nn1. The highest BCUT2D eigenvalue weighted by Crippen LogP contribution is 2.33. The number of Topliss-reactive ketones (excluding diaryl/α,β-unsaturated/α-hetero) is 1. The summed E-state index contributed by atoms with van der Waals surface area (Å²) in [7, 11) is -4.24.